The van der Waals surface area contributed by atoms with Crippen LogP contribution in [0.1, 0.15) is 58.3 Å². The fraction of sp³-hybridized carbons (Fsp3) is 1.00. The van der Waals surface area contributed by atoms with Gasteiger partial charge in [-0.15, -0.1) is 0 Å². The predicted octanol–water partition coefficient (Wildman–Crippen LogP) is 3.05. The SMILES string of the molecule is CCCCCC[C@@H]1CCC[C@H]1N1CC(CO)C1. The summed E-state index contributed by atoms with van der Waals surface area (Å²) in [5.74, 6) is 1.54. The highest BCUT2D eigenvalue weighted by Gasteiger charge is 2.37. The van der Waals surface area contributed by atoms with Crippen molar-refractivity contribution in [2.45, 2.75) is 64.3 Å². The molecule has 0 aromatic rings. The average molecular weight is 239 g/mol. The molecule has 0 unspecified atom stereocenters. The standard InChI is InChI=1S/C15H29NO/c1-2-3-4-5-7-14-8-6-9-15(14)16-10-13(11-16)12-17/h13-15,17H,2-12H2,1H3/t14-,15-/m1/s1. The fourth-order valence-corrected chi connectivity index (χ4v) is 3.66. The van der Waals surface area contributed by atoms with Crippen LogP contribution in [0.5, 0.6) is 0 Å². The van der Waals surface area contributed by atoms with E-state index in [-0.39, 0.29) is 0 Å². The van der Waals surface area contributed by atoms with E-state index in [4.69, 9.17) is 5.11 Å². The van der Waals surface area contributed by atoms with Gasteiger partial charge in [0.25, 0.3) is 0 Å². The van der Waals surface area contributed by atoms with Gasteiger partial charge in [0.1, 0.15) is 0 Å². The lowest BCUT2D eigenvalue weighted by molar-refractivity contribution is 0.00525. The van der Waals surface area contributed by atoms with Crippen molar-refractivity contribution in [3.63, 3.8) is 0 Å². The van der Waals surface area contributed by atoms with Crippen LogP contribution in [0.2, 0.25) is 0 Å². The summed E-state index contributed by atoms with van der Waals surface area (Å²) < 4.78 is 0. The summed E-state index contributed by atoms with van der Waals surface area (Å²) in [6, 6.07) is 0.861. The quantitative estimate of drug-likeness (QED) is 0.690. The van der Waals surface area contributed by atoms with Crippen molar-refractivity contribution in [3.8, 4) is 0 Å². The van der Waals surface area contributed by atoms with Crippen molar-refractivity contribution in [1.29, 1.82) is 0 Å². The maximum absolute atomic E-state index is 9.09. The van der Waals surface area contributed by atoms with E-state index in [1.165, 1.54) is 51.4 Å². The third kappa shape index (κ3) is 3.45. The largest absolute Gasteiger partial charge is 0.396 e. The molecule has 100 valence electrons. The third-order valence-corrected chi connectivity index (χ3v) is 4.76. The van der Waals surface area contributed by atoms with E-state index < -0.39 is 0 Å². The molecule has 1 N–H and O–H groups in total. The molecule has 1 heterocycles. The van der Waals surface area contributed by atoms with E-state index in [0.717, 1.165) is 25.0 Å². The van der Waals surface area contributed by atoms with Crippen LogP contribution in [0.4, 0.5) is 0 Å². The van der Waals surface area contributed by atoms with Crippen molar-refractivity contribution in [2.24, 2.45) is 11.8 Å². The summed E-state index contributed by atoms with van der Waals surface area (Å²) in [4.78, 5) is 2.64. The minimum Gasteiger partial charge on any atom is -0.396 e. The Labute approximate surface area is 106 Å². The molecule has 0 aromatic carbocycles. The van der Waals surface area contributed by atoms with Crippen LogP contribution < -0.4 is 0 Å². The topological polar surface area (TPSA) is 23.5 Å². The van der Waals surface area contributed by atoms with Gasteiger partial charge in [0.05, 0.1) is 0 Å². The molecule has 2 atom stereocenters. The number of rotatable bonds is 7. The summed E-state index contributed by atoms with van der Waals surface area (Å²) in [6.45, 7) is 5.00. The second-order valence-electron chi connectivity index (χ2n) is 6.11. The van der Waals surface area contributed by atoms with E-state index in [1.54, 1.807) is 0 Å². The molecule has 1 aliphatic carbocycles. The van der Waals surface area contributed by atoms with Crippen molar-refractivity contribution >= 4 is 0 Å². The van der Waals surface area contributed by atoms with Crippen LogP contribution >= 0.6 is 0 Å². The predicted molar refractivity (Wildman–Crippen MR) is 72.0 cm³/mol. The van der Waals surface area contributed by atoms with E-state index in [1.807, 2.05) is 0 Å². The van der Waals surface area contributed by atoms with Gasteiger partial charge < -0.3 is 5.11 Å². The molecule has 2 heteroatoms. The van der Waals surface area contributed by atoms with Crippen molar-refractivity contribution in [1.82, 2.24) is 4.90 Å². The zero-order valence-corrected chi connectivity index (χ0v) is 11.4. The molecule has 0 aromatic heterocycles. The van der Waals surface area contributed by atoms with Gasteiger partial charge in [-0.05, 0) is 25.2 Å². The number of nitrogens with zero attached hydrogens (tertiary/aromatic N) is 1. The van der Waals surface area contributed by atoms with Gasteiger partial charge in [0.2, 0.25) is 0 Å². The summed E-state index contributed by atoms with van der Waals surface area (Å²) >= 11 is 0. The van der Waals surface area contributed by atoms with Gasteiger partial charge >= 0.3 is 0 Å². The molecule has 0 radical (unpaired) electrons. The van der Waals surface area contributed by atoms with Gasteiger partial charge in [0, 0.05) is 31.7 Å². The molecule has 0 bridgehead atoms. The minimum atomic E-state index is 0.393. The highest BCUT2D eigenvalue weighted by Crippen LogP contribution is 2.36. The molecule has 0 spiro atoms. The lowest BCUT2D eigenvalue weighted by atomic mass is 9.90. The van der Waals surface area contributed by atoms with Crippen LogP contribution in [0.25, 0.3) is 0 Å². The first-order valence-corrected chi connectivity index (χ1v) is 7.70. The molecule has 2 fully saturated rings. The maximum Gasteiger partial charge on any atom is 0.0483 e. The maximum atomic E-state index is 9.09. The Morgan fingerprint density at radius 2 is 1.94 bits per heavy atom. The Kier molecular flexibility index (Phi) is 5.30. The molecular formula is C15H29NO. The fourth-order valence-electron chi connectivity index (χ4n) is 3.66. The van der Waals surface area contributed by atoms with Gasteiger partial charge in [0.15, 0.2) is 0 Å². The number of hydrogen-bond acceptors (Lipinski definition) is 2. The first kappa shape index (κ1) is 13.4. The molecule has 17 heavy (non-hydrogen) atoms. The molecule has 2 rings (SSSR count). The van der Waals surface area contributed by atoms with Crippen LogP contribution in [0.15, 0.2) is 0 Å². The normalized spacial score (nSPS) is 30.7. The van der Waals surface area contributed by atoms with E-state index in [2.05, 4.69) is 11.8 Å². The first-order valence-electron chi connectivity index (χ1n) is 7.70. The molecular weight excluding hydrogens is 210 g/mol. The van der Waals surface area contributed by atoms with E-state index in [9.17, 15) is 0 Å². The minimum absolute atomic E-state index is 0.393. The number of aliphatic hydroxyl groups is 1. The van der Waals surface area contributed by atoms with Gasteiger partial charge in [-0.3, -0.25) is 4.90 Å². The van der Waals surface area contributed by atoms with E-state index >= 15 is 0 Å². The highest BCUT2D eigenvalue weighted by molar-refractivity contribution is 4.91. The number of likely N-dealkylation sites (tertiary alicyclic amines) is 1. The Morgan fingerprint density at radius 1 is 1.12 bits per heavy atom. The molecule has 0 amide bonds. The van der Waals surface area contributed by atoms with Crippen molar-refractivity contribution < 1.29 is 5.11 Å². The summed E-state index contributed by atoms with van der Waals surface area (Å²) in [5, 5.41) is 9.09. The Morgan fingerprint density at radius 3 is 2.65 bits per heavy atom. The summed E-state index contributed by atoms with van der Waals surface area (Å²) in [7, 11) is 0. The number of unbranched alkanes of at least 4 members (excludes halogenated alkanes) is 3. The van der Waals surface area contributed by atoms with Crippen molar-refractivity contribution in [2.75, 3.05) is 19.7 Å². The summed E-state index contributed by atoms with van der Waals surface area (Å²) in [6.07, 6.45) is 11.4. The van der Waals surface area contributed by atoms with Gasteiger partial charge in [-0.25, -0.2) is 0 Å². The zero-order valence-electron chi connectivity index (χ0n) is 11.4. The van der Waals surface area contributed by atoms with Crippen LogP contribution in [-0.4, -0.2) is 35.7 Å². The third-order valence-electron chi connectivity index (χ3n) is 4.76. The van der Waals surface area contributed by atoms with E-state index in [0.29, 0.717) is 12.5 Å². The zero-order chi connectivity index (χ0) is 12.1. The molecule has 2 nitrogen and oxygen atoms in total. The second kappa shape index (κ2) is 6.75. The lowest BCUT2D eigenvalue weighted by Gasteiger charge is -2.44. The number of aliphatic hydroxyl groups excluding tert-OH is 1. The van der Waals surface area contributed by atoms with Gasteiger partial charge in [-0.1, -0.05) is 39.0 Å². The lowest BCUT2D eigenvalue weighted by Crippen LogP contribution is -2.54. The van der Waals surface area contributed by atoms with Gasteiger partial charge in [-0.2, -0.15) is 0 Å². The second-order valence-corrected chi connectivity index (χ2v) is 6.11. The van der Waals surface area contributed by atoms with Crippen LogP contribution in [-0.2, 0) is 0 Å². The van der Waals surface area contributed by atoms with Crippen LogP contribution in [0, 0.1) is 11.8 Å². The average Bonchev–Trinajstić information content (AvgIpc) is 2.72. The molecule has 1 aliphatic heterocycles. The first-order chi connectivity index (χ1) is 8.35. The van der Waals surface area contributed by atoms with Crippen LogP contribution in [0.3, 0.4) is 0 Å². The summed E-state index contributed by atoms with van der Waals surface area (Å²) in [5.41, 5.74) is 0. The highest BCUT2D eigenvalue weighted by atomic mass is 16.3. The Bertz CT molecular complexity index is 213. The van der Waals surface area contributed by atoms with Crippen molar-refractivity contribution in [3.05, 3.63) is 0 Å². The molecule has 1 saturated heterocycles. The molecule has 2 aliphatic rings. The Hall–Kier alpha value is -0.0800. The number of hydrogen-bond donors (Lipinski definition) is 1. The monoisotopic (exact) mass is 239 g/mol. The molecule has 1 saturated carbocycles. The Balaban J connectivity index is 1.67. The smallest absolute Gasteiger partial charge is 0.0483 e.